The number of allylic oxidation sites excluding steroid dienone is 1. The minimum atomic E-state index is -0.0971. The number of hydrogen-bond donors (Lipinski definition) is 0. The van der Waals surface area contributed by atoms with Gasteiger partial charge in [0.1, 0.15) is 0 Å². The Hall–Kier alpha value is -2.84. The fourth-order valence-electron chi connectivity index (χ4n) is 2.61. The molecule has 4 nitrogen and oxygen atoms in total. The first-order valence-corrected chi connectivity index (χ1v) is 8.81. The molecule has 0 spiro atoms. The number of amides is 1. The van der Waals surface area contributed by atoms with Gasteiger partial charge in [0.25, 0.3) is 0 Å². The van der Waals surface area contributed by atoms with Crippen LogP contribution in [-0.4, -0.2) is 22.3 Å². The Balaban J connectivity index is 1.82. The standard InChI is InChI=1S/C20H16N2O2S/c1-14-4-2-3-5-17(14)18(23)10-20-22(19(24)13-25-20)12-16-8-6-15(11-21)7-9-16/h2-10H,12-13H2,1H3/b20-10-. The Morgan fingerprint density at radius 1 is 1.24 bits per heavy atom. The molecule has 3 rings (SSSR count). The van der Waals surface area contributed by atoms with Crippen LogP contribution in [-0.2, 0) is 11.3 Å². The zero-order valence-corrected chi connectivity index (χ0v) is 14.5. The molecule has 124 valence electrons. The van der Waals surface area contributed by atoms with Gasteiger partial charge in [-0.3, -0.25) is 9.59 Å². The topological polar surface area (TPSA) is 61.2 Å². The molecule has 1 fully saturated rings. The maximum Gasteiger partial charge on any atom is 0.238 e. The zero-order chi connectivity index (χ0) is 17.8. The maximum absolute atomic E-state index is 12.5. The molecule has 2 aromatic carbocycles. The fourth-order valence-corrected chi connectivity index (χ4v) is 3.55. The van der Waals surface area contributed by atoms with E-state index < -0.39 is 0 Å². The van der Waals surface area contributed by atoms with E-state index in [4.69, 9.17) is 5.26 Å². The molecule has 0 saturated carbocycles. The number of carbonyl (C=O) groups is 2. The average molecular weight is 348 g/mol. The lowest BCUT2D eigenvalue weighted by atomic mass is 10.0. The van der Waals surface area contributed by atoms with Crippen molar-refractivity contribution in [1.29, 1.82) is 5.26 Å². The summed E-state index contributed by atoms with van der Waals surface area (Å²) in [5.41, 5.74) is 3.06. The molecule has 25 heavy (non-hydrogen) atoms. The first kappa shape index (κ1) is 17.0. The van der Waals surface area contributed by atoms with Crippen LogP contribution < -0.4 is 0 Å². The van der Waals surface area contributed by atoms with Crippen LogP contribution in [0.5, 0.6) is 0 Å². The minimum absolute atomic E-state index is 0.0156. The minimum Gasteiger partial charge on any atom is -0.301 e. The van der Waals surface area contributed by atoms with Crippen LogP contribution in [0.3, 0.4) is 0 Å². The molecule has 2 aromatic rings. The number of benzene rings is 2. The Labute approximate surface area is 150 Å². The lowest BCUT2D eigenvalue weighted by Gasteiger charge is -2.17. The number of rotatable bonds is 4. The van der Waals surface area contributed by atoms with Gasteiger partial charge in [0.05, 0.1) is 29.0 Å². The number of nitriles is 1. The van der Waals surface area contributed by atoms with E-state index in [1.54, 1.807) is 29.2 Å². The highest BCUT2D eigenvalue weighted by molar-refractivity contribution is 8.04. The summed E-state index contributed by atoms with van der Waals surface area (Å²) >= 11 is 1.38. The number of aryl methyl sites for hydroxylation is 1. The van der Waals surface area contributed by atoms with Gasteiger partial charge in [-0.1, -0.05) is 48.2 Å². The van der Waals surface area contributed by atoms with E-state index in [2.05, 4.69) is 6.07 Å². The van der Waals surface area contributed by atoms with Crippen molar-refractivity contribution in [3.8, 4) is 6.07 Å². The molecule has 0 aromatic heterocycles. The number of thioether (sulfide) groups is 1. The molecule has 0 atom stereocenters. The van der Waals surface area contributed by atoms with Crippen LogP contribution >= 0.6 is 11.8 Å². The summed E-state index contributed by atoms with van der Waals surface area (Å²) in [5.74, 6) is 0.224. The van der Waals surface area contributed by atoms with Crippen LogP contribution in [0.25, 0.3) is 0 Å². The summed E-state index contributed by atoms with van der Waals surface area (Å²) < 4.78 is 0. The summed E-state index contributed by atoms with van der Waals surface area (Å²) in [6.07, 6.45) is 1.54. The second-order valence-corrected chi connectivity index (χ2v) is 6.73. The Kier molecular flexibility index (Phi) is 5.01. The third kappa shape index (κ3) is 3.81. The maximum atomic E-state index is 12.5. The molecule has 0 aliphatic carbocycles. The van der Waals surface area contributed by atoms with Crippen molar-refractivity contribution < 1.29 is 9.59 Å². The van der Waals surface area contributed by atoms with Crippen LogP contribution in [0, 0.1) is 18.3 Å². The molecule has 1 aliphatic rings. The smallest absolute Gasteiger partial charge is 0.238 e. The van der Waals surface area contributed by atoms with Crippen molar-refractivity contribution >= 4 is 23.5 Å². The van der Waals surface area contributed by atoms with E-state index >= 15 is 0 Å². The van der Waals surface area contributed by atoms with Crippen LogP contribution in [0.2, 0.25) is 0 Å². The highest BCUT2D eigenvalue weighted by Crippen LogP contribution is 2.31. The second kappa shape index (κ2) is 7.37. The van der Waals surface area contributed by atoms with Gasteiger partial charge in [-0.2, -0.15) is 5.26 Å². The first-order valence-electron chi connectivity index (χ1n) is 7.82. The zero-order valence-electron chi connectivity index (χ0n) is 13.7. The fraction of sp³-hybridized carbons (Fsp3) is 0.150. The predicted octanol–water partition coefficient (Wildman–Crippen LogP) is 3.67. The normalized spacial score (nSPS) is 15.4. The molecular weight excluding hydrogens is 332 g/mol. The average Bonchev–Trinajstić information content (AvgIpc) is 2.96. The third-order valence-electron chi connectivity index (χ3n) is 4.00. The number of hydrogen-bond acceptors (Lipinski definition) is 4. The van der Waals surface area contributed by atoms with E-state index in [0.29, 0.717) is 28.5 Å². The largest absolute Gasteiger partial charge is 0.301 e. The van der Waals surface area contributed by atoms with Gasteiger partial charge in [0, 0.05) is 11.6 Å². The molecular formula is C20H16N2O2S. The molecule has 1 saturated heterocycles. The molecule has 1 heterocycles. The van der Waals surface area contributed by atoms with E-state index in [-0.39, 0.29) is 11.7 Å². The van der Waals surface area contributed by atoms with Gasteiger partial charge < -0.3 is 4.90 Å². The van der Waals surface area contributed by atoms with Crippen molar-refractivity contribution in [2.75, 3.05) is 5.75 Å². The monoisotopic (exact) mass is 348 g/mol. The molecule has 0 unspecified atom stereocenters. The van der Waals surface area contributed by atoms with Crippen LogP contribution in [0.15, 0.2) is 59.6 Å². The van der Waals surface area contributed by atoms with Gasteiger partial charge in [-0.25, -0.2) is 0 Å². The van der Waals surface area contributed by atoms with Crippen LogP contribution in [0.1, 0.15) is 27.0 Å². The van der Waals surface area contributed by atoms with E-state index in [1.807, 2.05) is 37.3 Å². The molecule has 0 bridgehead atoms. The van der Waals surface area contributed by atoms with Crippen molar-refractivity contribution in [2.24, 2.45) is 0 Å². The second-order valence-electron chi connectivity index (χ2n) is 5.74. The highest BCUT2D eigenvalue weighted by atomic mass is 32.2. The van der Waals surface area contributed by atoms with Crippen LogP contribution in [0.4, 0.5) is 0 Å². The molecule has 1 aliphatic heterocycles. The predicted molar refractivity (Wildman–Crippen MR) is 97.8 cm³/mol. The van der Waals surface area contributed by atoms with E-state index in [1.165, 1.54) is 11.8 Å². The highest BCUT2D eigenvalue weighted by Gasteiger charge is 2.27. The van der Waals surface area contributed by atoms with Crippen molar-refractivity contribution in [3.63, 3.8) is 0 Å². The van der Waals surface area contributed by atoms with Crippen molar-refractivity contribution in [2.45, 2.75) is 13.5 Å². The van der Waals surface area contributed by atoms with Gasteiger partial charge >= 0.3 is 0 Å². The SMILES string of the molecule is Cc1ccccc1C(=O)/C=C1\SCC(=O)N1Cc1ccc(C#N)cc1. The summed E-state index contributed by atoms with van der Waals surface area (Å²) in [4.78, 5) is 26.4. The number of carbonyl (C=O) groups excluding carboxylic acids is 2. The molecule has 0 N–H and O–H groups in total. The number of nitrogens with zero attached hydrogens (tertiary/aromatic N) is 2. The lowest BCUT2D eigenvalue weighted by molar-refractivity contribution is -0.125. The third-order valence-corrected chi connectivity index (χ3v) is 5.02. The quantitative estimate of drug-likeness (QED) is 0.625. The number of ketones is 1. The van der Waals surface area contributed by atoms with Gasteiger partial charge in [0.15, 0.2) is 5.78 Å². The summed E-state index contributed by atoms with van der Waals surface area (Å²) in [5, 5.41) is 9.53. The summed E-state index contributed by atoms with van der Waals surface area (Å²) in [6, 6.07) is 16.6. The van der Waals surface area contributed by atoms with Crippen molar-refractivity contribution in [1.82, 2.24) is 4.90 Å². The Morgan fingerprint density at radius 2 is 1.96 bits per heavy atom. The van der Waals surface area contributed by atoms with E-state index in [0.717, 1.165) is 11.1 Å². The van der Waals surface area contributed by atoms with E-state index in [9.17, 15) is 9.59 Å². The Morgan fingerprint density at radius 3 is 2.64 bits per heavy atom. The van der Waals surface area contributed by atoms with Crippen molar-refractivity contribution in [3.05, 3.63) is 81.9 Å². The van der Waals surface area contributed by atoms with Gasteiger partial charge in [0.2, 0.25) is 5.91 Å². The molecule has 5 heteroatoms. The molecule has 1 amide bonds. The Bertz CT molecular complexity index is 895. The first-order chi connectivity index (χ1) is 12.1. The van der Waals surface area contributed by atoms with Gasteiger partial charge in [-0.05, 0) is 30.2 Å². The summed E-state index contributed by atoms with van der Waals surface area (Å²) in [7, 11) is 0. The lowest BCUT2D eigenvalue weighted by Crippen LogP contribution is -2.24. The van der Waals surface area contributed by atoms with Gasteiger partial charge in [-0.15, -0.1) is 0 Å². The summed E-state index contributed by atoms with van der Waals surface area (Å²) in [6.45, 7) is 2.29. The molecule has 0 radical (unpaired) electrons.